The molecule has 3 unspecified atom stereocenters. The minimum Gasteiger partial charge on any atom is -0.309 e. The first-order valence-electron chi connectivity index (χ1n) is 6.04. The van der Waals surface area contributed by atoms with Crippen molar-refractivity contribution in [2.75, 3.05) is 20.6 Å². The molecule has 2 fully saturated rings. The molecular weight excluding hydrogens is 186 g/mol. The smallest absolute Gasteiger partial charge is 0.140 e. The summed E-state index contributed by atoms with van der Waals surface area (Å²) in [6.07, 6.45) is 1.14. The highest BCUT2D eigenvalue weighted by Gasteiger charge is 2.59. The molecule has 0 radical (unpaired) electrons. The standard InChI is InChI=1S/C13H23NO/c1-8-9-6-11(13(8,2)3)10(12(9)15)7-14(4)5/h8-11H,6-7H2,1-5H3/t8?,9?,10-,11?/m0/s1. The molecule has 0 heterocycles. The molecule has 0 amide bonds. The molecule has 2 bridgehead atoms. The molecule has 2 saturated carbocycles. The lowest BCUT2D eigenvalue weighted by Gasteiger charge is -2.40. The fraction of sp³-hybridized carbons (Fsp3) is 0.923. The van der Waals surface area contributed by atoms with Crippen molar-refractivity contribution < 1.29 is 4.79 Å². The zero-order chi connectivity index (χ0) is 11.4. The van der Waals surface area contributed by atoms with Gasteiger partial charge in [0.15, 0.2) is 0 Å². The minimum atomic E-state index is 0.302. The molecular formula is C13H23NO. The van der Waals surface area contributed by atoms with Gasteiger partial charge >= 0.3 is 0 Å². The summed E-state index contributed by atoms with van der Waals surface area (Å²) in [5.41, 5.74) is 0.360. The van der Waals surface area contributed by atoms with Gasteiger partial charge in [0, 0.05) is 18.4 Å². The van der Waals surface area contributed by atoms with Crippen LogP contribution >= 0.6 is 0 Å². The molecule has 0 aromatic carbocycles. The lowest BCUT2D eigenvalue weighted by Crippen LogP contribution is -2.43. The Bertz CT molecular complexity index is 282. The Balaban J connectivity index is 2.21. The second-order valence-corrected chi connectivity index (χ2v) is 6.33. The Kier molecular flexibility index (Phi) is 2.45. The Morgan fingerprint density at radius 2 is 2.00 bits per heavy atom. The van der Waals surface area contributed by atoms with Crippen LogP contribution in [0.1, 0.15) is 27.2 Å². The summed E-state index contributed by atoms with van der Waals surface area (Å²) in [6.45, 7) is 7.89. The average molecular weight is 209 g/mol. The summed E-state index contributed by atoms with van der Waals surface area (Å²) < 4.78 is 0. The summed E-state index contributed by atoms with van der Waals surface area (Å²) >= 11 is 0. The second kappa shape index (κ2) is 3.31. The fourth-order valence-electron chi connectivity index (χ4n) is 3.77. The van der Waals surface area contributed by atoms with E-state index in [0.717, 1.165) is 13.0 Å². The molecule has 2 rings (SSSR count). The van der Waals surface area contributed by atoms with Gasteiger partial charge in [0.2, 0.25) is 0 Å². The average Bonchev–Trinajstić information content (AvgIpc) is 2.52. The maximum atomic E-state index is 12.2. The van der Waals surface area contributed by atoms with Crippen LogP contribution in [0.15, 0.2) is 0 Å². The number of ketones is 1. The molecule has 86 valence electrons. The van der Waals surface area contributed by atoms with Crippen LogP contribution in [0.3, 0.4) is 0 Å². The first-order chi connectivity index (χ1) is 6.85. The Morgan fingerprint density at radius 3 is 2.47 bits per heavy atom. The van der Waals surface area contributed by atoms with Crippen molar-refractivity contribution in [1.82, 2.24) is 4.90 Å². The van der Waals surface area contributed by atoms with Crippen molar-refractivity contribution in [2.45, 2.75) is 27.2 Å². The fourth-order valence-corrected chi connectivity index (χ4v) is 3.77. The highest BCUT2D eigenvalue weighted by Crippen LogP contribution is 2.59. The van der Waals surface area contributed by atoms with E-state index in [1.165, 1.54) is 0 Å². The molecule has 2 nitrogen and oxygen atoms in total. The summed E-state index contributed by atoms with van der Waals surface area (Å²) in [4.78, 5) is 14.3. The Morgan fingerprint density at radius 1 is 1.40 bits per heavy atom. The van der Waals surface area contributed by atoms with Crippen molar-refractivity contribution in [2.24, 2.45) is 29.1 Å². The van der Waals surface area contributed by atoms with Gasteiger partial charge in [0.25, 0.3) is 0 Å². The zero-order valence-corrected chi connectivity index (χ0v) is 10.6. The minimum absolute atomic E-state index is 0.302. The summed E-state index contributed by atoms with van der Waals surface area (Å²) in [5, 5.41) is 0. The first-order valence-corrected chi connectivity index (χ1v) is 6.04. The third kappa shape index (κ3) is 1.45. The molecule has 2 aliphatic carbocycles. The lowest BCUT2D eigenvalue weighted by molar-refractivity contribution is -0.131. The highest BCUT2D eigenvalue weighted by atomic mass is 16.1. The molecule has 2 heteroatoms. The second-order valence-electron chi connectivity index (χ2n) is 6.33. The van der Waals surface area contributed by atoms with Crippen LogP contribution in [-0.2, 0) is 4.79 Å². The van der Waals surface area contributed by atoms with E-state index in [9.17, 15) is 4.79 Å². The van der Waals surface area contributed by atoms with E-state index >= 15 is 0 Å². The molecule has 0 aromatic heterocycles. The van der Waals surface area contributed by atoms with E-state index in [-0.39, 0.29) is 0 Å². The predicted octanol–water partition coefficient (Wildman–Crippen LogP) is 2.05. The number of carbonyl (C=O) groups excluding carboxylic acids is 1. The molecule has 0 aliphatic heterocycles. The number of fused-ring (bicyclic) bond motifs is 2. The van der Waals surface area contributed by atoms with Gasteiger partial charge in [0.05, 0.1) is 0 Å². The third-order valence-electron chi connectivity index (χ3n) is 5.02. The lowest BCUT2D eigenvalue weighted by atomic mass is 9.65. The SMILES string of the molecule is CC1C2CC([C@H](CN(C)C)C2=O)C1(C)C. The Labute approximate surface area is 93.0 Å². The van der Waals surface area contributed by atoms with Gasteiger partial charge in [-0.15, -0.1) is 0 Å². The van der Waals surface area contributed by atoms with Crippen LogP contribution in [-0.4, -0.2) is 31.3 Å². The number of hydrogen-bond acceptors (Lipinski definition) is 2. The molecule has 2 aliphatic rings. The van der Waals surface area contributed by atoms with Crippen LogP contribution in [0.5, 0.6) is 0 Å². The number of nitrogens with zero attached hydrogens (tertiary/aromatic N) is 1. The van der Waals surface area contributed by atoms with Gasteiger partial charge in [-0.1, -0.05) is 20.8 Å². The molecule has 0 aromatic rings. The highest BCUT2D eigenvalue weighted by molar-refractivity contribution is 5.87. The molecule has 0 N–H and O–H groups in total. The summed E-state index contributed by atoms with van der Waals surface area (Å²) in [6, 6.07) is 0. The number of hydrogen-bond donors (Lipinski definition) is 0. The van der Waals surface area contributed by atoms with Crippen LogP contribution in [0.4, 0.5) is 0 Å². The van der Waals surface area contributed by atoms with Crippen LogP contribution in [0.25, 0.3) is 0 Å². The van der Waals surface area contributed by atoms with Gasteiger partial charge < -0.3 is 4.90 Å². The van der Waals surface area contributed by atoms with Crippen molar-refractivity contribution in [3.05, 3.63) is 0 Å². The van der Waals surface area contributed by atoms with Gasteiger partial charge in [-0.2, -0.15) is 0 Å². The summed E-state index contributed by atoms with van der Waals surface area (Å²) in [5.74, 6) is 2.40. The number of Topliss-reactive ketones (excluding diaryl/α,β-unsaturated/α-hetero) is 1. The quantitative estimate of drug-likeness (QED) is 0.693. The van der Waals surface area contributed by atoms with E-state index in [1.807, 2.05) is 0 Å². The third-order valence-corrected chi connectivity index (χ3v) is 5.02. The zero-order valence-electron chi connectivity index (χ0n) is 10.6. The molecule has 15 heavy (non-hydrogen) atoms. The first kappa shape index (κ1) is 11.1. The van der Waals surface area contributed by atoms with Crippen LogP contribution in [0, 0.1) is 29.1 Å². The van der Waals surface area contributed by atoms with Crippen molar-refractivity contribution >= 4 is 5.78 Å². The van der Waals surface area contributed by atoms with Gasteiger partial charge in [-0.3, -0.25) is 4.79 Å². The van der Waals surface area contributed by atoms with Gasteiger partial charge in [-0.25, -0.2) is 0 Å². The summed E-state index contributed by atoms with van der Waals surface area (Å²) in [7, 11) is 4.13. The predicted molar refractivity (Wildman–Crippen MR) is 61.6 cm³/mol. The van der Waals surface area contributed by atoms with E-state index in [4.69, 9.17) is 0 Å². The normalized spacial score (nSPS) is 42.9. The van der Waals surface area contributed by atoms with Crippen LogP contribution in [0.2, 0.25) is 0 Å². The maximum absolute atomic E-state index is 12.2. The van der Waals surface area contributed by atoms with E-state index in [1.54, 1.807) is 0 Å². The maximum Gasteiger partial charge on any atom is 0.140 e. The Hall–Kier alpha value is -0.370. The topological polar surface area (TPSA) is 20.3 Å². The van der Waals surface area contributed by atoms with E-state index < -0.39 is 0 Å². The van der Waals surface area contributed by atoms with E-state index in [0.29, 0.717) is 34.9 Å². The van der Waals surface area contributed by atoms with Crippen molar-refractivity contribution in [3.63, 3.8) is 0 Å². The van der Waals surface area contributed by atoms with Gasteiger partial charge in [-0.05, 0) is 37.8 Å². The molecule has 0 spiro atoms. The largest absolute Gasteiger partial charge is 0.309 e. The number of rotatable bonds is 2. The van der Waals surface area contributed by atoms with Crippen molar-refractivity contribution in [1.29, 1.82) is 0 Å². The van der Waals surface area contributed by atoms with E-state index in [2.05, 4.69) is 39.8 Å². The van der Waals surface area contributed by atoms with Crippen LogP contribution < -0.4 is 0 Å². The van der Waals surface area contributed by atoms with Crippen molar-refractivity contribution in [3.8, 4) is 0 Å². The number of carbonyl (C=O) groups is 1. The molecule has 4 atom stereocenters. The molecule has 0 saturated heterocycles. The van der Waals surface area contributed by atoms with Gasteiger partial charge in [0.1, 0.15) is 5.78 Å². The monoisotopic (exact) mass is 209 g/mol.